The van der Waals surface area contributed by atoms with E-state index >= 15 is 0 Å². The molecule has 2 aromatic carbocycles. The largest absolute Gasteiger partial charge is 0.489 e. The van der Waals surface area contributed by atoms with E-state index in [0.29, 0.717) is 19.8 Å². The molecule has 2 rings (SSSR count). The molecule has 0 N–H and O–H groups in total. The number of rotatable bonds is 9. The number of aryl methyl sites for hydroxylation is 1. The molecule has 2 aromatic rings. The van der Waals surface area contributed by atoms with Crippen molar-refractivity contribution in [2.45, 2.75) is 39.9 Å². The molecule has 0 saturated carbocycles. The van der Waals surface area contributed by atoms with E-state index in [0.717, 1.165) is 11.3 Å². The molecular formula is C21H26O4. The van der Waals surface area contributed by atoms with Gasteiger partial charge in [0.15, 0.2) is 0 Å². The van der Waals surface area contributed by atoms with E-state index in [4.69, 9.17) is 14.2 Å². The first-order valence-corrected chi connectivity index (χ1v) is 8.68. The molecule has 0 unspecified atom stereocenters. The number of esters is 1. The third kappa shape index (κ3) is 5.91. The zero-order chi connectivity index (χ0) is 18.1. The van der Waals surface area contributed by atoms with E-state index in [9.17, 15) is 4.79 Å². The summed E-state index contributed by atoms with van der Waals surface area (Å²) in [5.41, 5.74) is 3.32. The van der Waals surface area contributed by atoms with Crippen molar-refractivity contribution in [2.75, 3.05) is 13.2 Å². The van der Waals surface area contributed by atoms with E-state index < -0.39 is 0 Å². The van der Waals surface area contributed by atoms with Gasteiger partial charge in [0.25, 0.3) is 0 Å². The van der Waals surface area contributed by atoms with Crippen LogP contribution in [0.25, 0.3) is 0 Å². The van der Waals surface area contributed by atoms with Crippen molar-refractivity contribution in [2.24, 2.45) is 0 Å². The highest BCUT2D eigenvalue weighted by atomic mass is 16.5. The van der Waals surface area contributed by atoms with Crippen LogP contribution in [0, 0.1) is 6.92 Å². The van der Waals surface area contributed by atoms with Crippen molar-refractivity contribution < 1.29 is 19.0 Å². The first-order chi connectivity index (χ1) is 12.1. The first kappa shape index (κ1) is 19.0. The minimum atomic E-state index is -0.297. The Balaban J connectivity index is 1.99. The molecular weight excluding hydrogens is 316 g/mol. The Labute approximate surface area is 149 Å². The second kappa shape index (κ2) is 9.84. The van der Waals surface area contributed by atoms with Crippen molar-refractivity contribution in [1.82, 2.24) is 0 Å². The topological polar surface area (TPSA) is 44.8 Å². The molecule has 0 heterocycles. The fourth-order valence-corrected chi connectivity index (χ4v) is 2.56. The molecule has 0 fully saturated rings. The van der Waals surface area contributed by atoms with Crippen molar-refractivity contribution in [3.8, 4) is 5.75 Å². The van der Waals surface area contributed by atoms with Gasteiger partial charge in [-0.25, -0.2) is 0 Å². The van der Waals surface area contributed by atoms with Crippen molar-refractivity contribution in [3.63, 3.8) is 0 Å². The molecule has 1 atom stereocenters. The third-order valence-corrected chi connectivity index (χ3v) is 3.93. The monoisotopic (exact) mass is 342 g/mol. The van der Waals surface area contributed by atoms with Gasteiger partial charge in [-0.3, -0.25) is 4.79 Å². The molecule has 134 valence electrons. The highest BCUT2D eigenvalue weighted by molar-refractivity contribution is 5.70. The lowest BCUT2D eigenvalue weighted by molar-refractivity contribution is -0.146. The summed E-state index contributed by atoms with van der Waals surface area (Å²) in [4.78, 5) is 11.7. The molecule has 0 aliphatic heterocycles. The normalized spacial score (nSPS) is 11.8. The molecule has 0 radical (unpaired) electrons. The summed E-state index contributed by atoms with van der Waals surface area (Å²) in [5.74, 6) is 0.541. The van der Waals surface area contributed by atoms with Crippen molar-refractivity contribution >= 4 is 5.97 Å². The standard InChI is InChI=1S/C21H26O4/c1-4-23-20(14-21(22)24-5-2)17-10-12-19(13-11-17)25-15-18-9-7-6-8-16(18)3/h6-13,20H,4-5,14-15H2,1-3H3/t20-/m0/s1. The average molecular weight is 342 g/mol. The number of carbonyl (C=O) groups excluding carboxylic acids is 1. The Morgan fingerprint density at radius 2 is 1.72 bits per heavy atom. The highest BCUT2D eigenvalue weighted by Gasteiger charge is 2.17. The van der Waals surface area contributed by atoms with Gasteiger partial charge in [-0.15, -0.1) is 0 Å². The molecule has 0 aliphatic carbocycles. The van der Waals surface area contributed by atoms with Gasteiger partial charge in [0, 0.05) is 6.61 Å². The van der Waals surface area contributed by atoms with Crippen LogP contribution in [0.5, 0.6) is 5.75 Å². The minimum Gasteiger partial charge on any atom is -0.489 e. The number of benzene rings is 2. The van der Waals surface area contributed by atoms with Crippen LogP contribution in [-0.2, 0) is 20.9 Å². The summed E-state index contributed by atoms with van der Waals surface area (Å²) in [5, 5.41) is 0. The van der Waals surface area contributed by atoms with Crippen LogP contribution in [0.4, 0.5) is 0 Å². The smallest absolute Gasteiger partial charge is 0.308 e. The predicted molar refractivity (Wildman–Crippen MR) is 97.6 cm³/mol. The Kier molecular flexibility index (Phi) is 7.48. The maximum atomic E-state index is 11.7. The number of hydrogen-bond donors (Lipinski definition) is 0. The summed E-state index contributed by atoms with van der Waals surface area (Å²) in [6, 6.07) is 15.9. The van der Waals surface area contributed by atoms with Crippen LogP contribution < -0.4 is 4.74 Å². The quantitative estimate of drug-likeness (QED) is 0.625. The summed E-state index contributed by atoms with van der Waals surface area (Å²) >= 11 is 0. The average Bonchev–Trinajstić information content (AvgIpc) is 2.61. The lowest BCUT2D eigenvalue weighted by Gasteiger charge is -2.17. The molecule has 25 heavy (non-hydrogen) atoms. The summed E-state index contributed by atoms with van der Waals surface area (Å²) < 4.78 is 16.6. The fourth-order valence-electron chi connectivity index (χ4n) is 2.56. The van der Waals surface area contributed by atoms with Crippen molar-refractivity contribution in [3.05, 3.63) is 65.2 Å². The van der Waals surface area contributed by atoms with Crippen molar-refractivity contribution in [1.29, 1.82) is 0 Å². The van der Waals surface area contributed by atoms with Crippen LogP contribution in [-0.4, -0.2) is 19.2 Å². The van der Waals surface area contributed by atoms with Gasteiger partial charge in [-0.05, 0) is 49.6 Å². The summed E-state index contributed by atoms with van der Waals surface area (Å²) in [6.45, 7) is 7.23. The molecule has 4 nitrogen and oxygen atoms in total. The van der Waals surface area contributed by atoms with Gasteiger partial charge in [0.2, 0.25) is 0 Å². The van der Waals surface area contributed by atoms with Gasteiger partial charge in [-0.2, -0.15) is 0 Å². The fraction of sp³-hybridized carbons (Fsp3) is 0.381. The van der Waals surface area contributed by atoms with Crippen LogP contribution in [0.15, 0.2) is 48.5 Å². The highest BCUT2D eigenvalue weighted by Crippen LogP contribution is 2.25. The van der Waals surface area contributed by atoms with E-state index in [1.165, 1.54) is 11.1 Å². The van der Waals surface area contributed by atoms with Crippen LogP contribution in [0.3, 0.4) is 0 Å². The van der Waals surface area contributed by atoms with Crippen LogP contribution in [0.1, 0.15) is 43.1 Å². The number of ether oxygens (including phenoxy) is 3. The lowest BCUT2D eigenvalue weighted by Crippen LogP contribution is -2.13. The maximum absolute atomic E-state index is 11.7. The molecule has 0 spiro atoms. The zero-order valence-electron chi connectivity index (χ0n) is 15.2. The van der Waals surface area contributed by atoms with Gasteiger partial charge in [0.1, 0.15) is 12.4 Å². The van der Waals surface area contributed by atoms with Gasteiger partial charge < -0.3 is 14.2 Å². The minimum absolute atomic E-state index is 0.213. The Bertz CT molecular complexity index is 664. The van der Waals surface area contributed by atoms with E-state index in [2.05, 4.69) is 19.1 Å². The third-order valence-electron chi connectivity index (χ3n) is 3.93. The summed E-state index contributed by atoms with van der Waals surface area (Å²) in [6.07, 6.45) is -0.0834. The second-order valence-electron chi connectivity index (χ2n) is 5.74. The molecule has 4 heteroatoms. The second-order valence-corrected chi connectivity index (χ2v) is 5.74. The number of carbonyl (C=O) groups is 1. The van der Waals surface area contributed by atoms with E-state index in [1.54, 1.807) is 6.92 Å². The van der Waals surface area contributed by atoms with E-state index in [-0.39, 0.29) is 18.5 Å². The lowest BCUT2D eigenvalue weighted by atomic mass is 10.1. The maximum Gasteiger partial charge on any atom is 0.308 e. The molecule has 0 amide bonds. The zero-order valence-corrected chi connectivity index (χ0v) is 15.2. The van der Waals surface area contributed by atoms with E-state index in [1.807, 2.05) is 43.3 Å². The predicted octanol–water partition coefficient (Wildman–Crippen LogP) is 4.60. The molecule has 0 saturated heterocycles. The Morgan fingerprint density at radius 3 is 2.36 bits per heavy atom. The van der Waals surface area contributed by atoms with Crippen LogP contribution >= 0.6 is 0 Å². The molecule has 0 aromatic heterocycles. The Hall–Kier alpha value is -2.33. The van der Waals surface area contributed by atoms with Gasteiger partial charge in [-0.1, -0.05) is 36.4 Å². The SMILES string of the molecule is CCOC(=O)C[C@H](OCC)c1ccc(OCc2ccccc2C)cc1. The number of hydrogen-bond acceptors (Lipinski definition) is 4. The first-order valence-electron chi connectivity index (χ1n) is 8.68. The molecule has 0 bridgehead atoms. The Morgan fingerprint density at radius 1 is 1.00 bits per heavy atom. The van der Waals surface area contributed by atoms with Gasteiger partial charge >= 0.3 is 5.97 Å². The summed E-state index contributed by atoms with van der Waals surface area (Å²) in [7, 11) is 0. The molecule has 0 aliphatic rings. The van der Waals surface area contributed by atoms with Crippen LogP contribution in [0.2, 0.25) is 0 Å². The van der Waals surface area contributed by atoms with Gasteiger partial charge in [0.05, 0.1) is 19.1 Å².